The van der Waals surface area contributed by atoms with Crippen molar-refractivity contribution in [2.75, 3.05) is 18.6 Å². The average molecular weight is 377 g/mol. The van der Waals surface area contributed by atoms with E-state index in [4.69, 9.17) is 11.5 Å². The summed E-state index contributed by atoms with van der Waals surface area (Å²) < 4.78 is 0. The van der Waals surface area contributed by atoms with E-state index in [0.29, 0.717) is 32.2 Å². The predicted molar refractivity (Wildman–Crippen MR) is 100 cm³/mol. The summed E-state index contributed by atoms with van der Waals surface area (Å²) in [5.74, 6) is -1.55. The fourth-order valence-electron chi connectivity index (χ4n) is 2.18. The lowest BCUT2D eigenvalue weighted by molar-refractivity contribution is -0.143. The number of carboxylic acids is 1. The molecule has 25 heavy (non-hydrogen) atoms. The zero-order valence-corrected chi connectivity index (χ0v) is 16.1. The molecule has 0 saturated heterocycles. The zero-order valence-electron chi connectivity index (χ0n) is 15.3. The Balaban J connectivity index is 4.92. The van der Waals surface area contributed by atoms with Crippen LogP contribution in [-0.2, 0) is 14.4 Å². The summed E-state index contributed by atoms with van der Waals surface area (Å²) in [6.07, 6.45) is 4.17. The van der Waals surface area contributed by atoms with E-state index in [1.165, 1.54) is 0 Å². The fourth-order valence-corrected chi connectivity index (χ4v) is 2.67. The molecule has 0 aromatic heterocycles. The SMILES string of the molecule is CSCCC(N)C(=O)NC(CCCCN)C(=O)NC(C(=O)O)C(C)C. The van der Waals surface area contributed by atoms with Gasteiger partial charge in [0.25, 0.3) is 0 Å². The lowest BCUT2D eigenvalue weighted by atomic mass is 10.0. The molecule has 0 aliphatic rings. The molecule has 0 aliphatic carbocycles. The van der Waals surface area contributed by atoms with Crippen LogP contribution in [0.3, 0.4) is 0 Å². The van der Waals surface area contributed by atoms with Crippen LogP contribution in [0.25, 0.3) is 0 Å². The minimum Gasteiger partial charge on any atom is -0.480 e. The molecule has 3 atom stereocenters. The Hall–Kier alpha value is -1.32. The summed E-state index contributed by atoms with van der Waals surface area (Å²) in [6.45, 7) is 3.90. The maximum atomic E-state index is 12.5. The molecule has 0 spiro atoms. The van der Waals surface area contributed by atoms with Crippen molar-refractivity contribution in [2.45, 2.75) is 57.7 Å². The van der Waals surface area contributed by atoms with Crippen LogP contribution in [-0.4, -0.2) is 59.6 Å². The van der Waals surface area contributed by atoms with Gasteiger partial charge in [0, 0.05) is 0 Å². The Morgan fingerprint density at radius 1 is 1.08 bits per heavy atom. The molecule has 0 fully saturated rings. The van der Waals surface area contributed by atoms with Crippen LogP contribution in [0, 0.1) is 5.92 Å². The number of unbranched alkanes of at least 4 members (excludes halogenated alkanes) is 1. The molecule has 0 rings (SSSR count). The van der Waals surface area contributed by atoms with Crippen LogP contribution >= 0.6 is 11.8 Å². The van der Waals surface area contributed by atoms with E-state index in [9.17, 15) is 19.5 Å². The van der Waals surface area contributed by atoms with Gasteiger partial charge in [0.2, 0.25) is 11.8 Å². The molecule has 8 nitrogen and oxygen atoms in total. The van der Waals surface area contributed by atoms with E-state index in [2.05, 4.69) is 10.6 Å². The van der Waals surface area contributed by atoms with E-state index in [-0.39, 0.29) is 5.92 Å². The Morgan fingerprint density at radius 3 is 2.20 bits per heavy atom. The number of hydrogen-bond acceptors (Lipinski definition) is 6. The van der Waals surface area contributed by atoms with Crippen molar-refractivity contribution in [1.29, 1.82) is 0 Å². The Labute approximate surface area is 153 Å². The van der Waals surface area contributed by atoms with Gasteiger partial charge in [-0.1, -0.05) is 13.8 Å². The number of carbonyl (C=O) groups excluding carboxylic acids is 2. The summed E-state index contributed by atoms with van der Waals surface area (Å²) >= 11 is 1.59. The van der Waals surface area contributed by atoms with Gasteiger partial charge in [-0.25, -0.2) is 4.79 Å². The highest BCUT2D eigenvalue weighted by atomic mass is 32.2. The van der Waals surface area contributed by atoms with Crippen molar-refractivity contribution in [1.82, 2.24) is 10.6 Å². The topological polar surface area (TPSA) is 148 Å². The fraction of sp³-hybridized carbons (Fsp3) is 0.812. The quantitative estimate of drug-likeness (QED) is 0.282. The minimum absolute atomic E-state index is 0.273. The van der Waals surface area contributed by atoms with Crippen molar-refractivity contribution in [3.63, 3.8) is 0 Å². The van der Waals surface area contributed by atoms with Crippen LogP contribution in [0.5, 0.6) is 0 Å². The first kappa shape index (κ1) is 23.7. The molecule has 0 radical (unpaired) electrons. The van der Waals surface area contributed by atoms with Crippen molar-refractivity contribution in [3.8, 4) is 0 Å². The number of amides is 2. The van der Waals surface area contributed by atoms with Gasteiger partial charge < -0.3 is 27.2 Å². The third-order valence-electron chi connectivity index (χ3n) is 3.78. The van der Waals surface area contributed by atoms with Crippen LogP contribution in [0.2, 0.25) is 0 Å². The smallest absolute Gasteiger partial charge is 0.326 e. The molecule has 7 N–H and O–H groups in total. The van der Waals surface area contributed by atoms with Crippen molar-refractivity contribution in [3.05, 3.63) is 0 Å². The molecular weight excluding hydrogens is 344 g/mol. The van der Waals surface area contributed by atoms with Crippen LogP contribution in [0.1, 0.15) is 39.5 Å². The minimum atomic E-state index is -1.10. The number of rotatable bonds is 13. The maximum absolute atomic E-state index is 12.5. The van der Waals surface area contributed by atoms with Gasteiger partial charge in [0.05, 0.1) is 6.04 Å². The highest BCUT2D eigenvalue weighted by Gasteiger charge is 2.29. The van der Waals surface area contributed by atoms with Crippen LogP contribution in [0.15, 0.2) is 0 Å². The molecule has 9 heteroatoms. The molecule has 0 aromatic carbocycles. The molecule has 0 aliphatic heterocycles. The first-order valence-electron chi connectivity index (χ1n) is 8.52. The first-order chi connectivity index (χ1) is 11.7. The van der Waals surface area contributed by atoms with Crippen molar-refractivity contribution in [2.24, 2.45) is 17.4 Å². The van der Waals surface area contributed by atoms with E-state index in [0.717, 1.165) is 5.75 Å². The van der Waals surface area contributed by atoms with Crippen LogP contribution in [0.4, 0.5) is 0 Å². The Morgan fingerprint density at radius 2 is 1.72 bits per heavy atom. The summed E-state index contributed by atoms with van der Waals surface area (Å²) in [4.78, 5) is 35.9. The zero-order chi connectivity index (χ0) is 19.4. The monoisotopic (exact) mass is 376 g/mol. The molecule has 3 unspecified atom stereocenters. The first-order valence-corrected chi connectivity index (χ1v) is 9.92. The largest absolute Gasteiger partial charge is 0.480 e. The summed E-state index contributed by atoms with van der Waals surface area (Å²) in [7, 11) is 0. The number of nitrogens with one attached hydrogen (secondary N) is 2. The van der Waals surface area contributed by atoms with Gasteiger partial charge >= 0.3 is 5.97 Å². The lowest BCUT2D eigenvalue weighted by Crippen LogP contribution is -2.55. The number of hydrogen-bond donors (Lipinski definition) is 5. The van der Waals surface area contributed by atoms with Crippen molar-refractivity contribution < 1.29 is 19.5 Å². The second-order valence-electron chi connectivity index (χ2n) is 6.30. The van der Waals surface area contributed by atoms with E-state index < -0.39 is 35.9 Å². The maximum Gasteiger partial charge on any atom is 0.326 e. The van der Waals surface area contributed by atoms with Gasteiger partial charge in [-0.2, -0.15) is 11.8 Å². The normalized spacial score (nSPS) is 14.6. The second-order valence-corrected chi connectivity index (χ2v) is 7.29. The van der Waals surface area contributed by atoms with Gasteiger partial charge in [-0.05, 0) is 50.2 Å². The summed E-state index contributed by atoms with van der Waals surface area (Å²) in [5.41, 5.74) is 11.3. The lowest BCUT2D eigenvalue weighted by Gasteiger charge is -2.24. The van der Waals surface area contributed by atoms with Gasteiger partial charge in [0.15, 0.2) is 0 Å². The number of thioether (sulfide) groups is 1. The highest BCUT2D eigenvalue weighted by Crippen LogP contribution is 2.07. The summed E-state index contributed by atoms with van der Waals surface area (Å²) in [6, 6.07) is -2.52. The molecule has 0 heterocycles. The second kappa shape index (κ2) is 13.0. The molecule has 0 aromatic rings. The molecular formula is C16H32N4O4S. The van der Waals surface area contributed by atoms with E-state index >= 15 is 0 Å². The standard InChI is InChI=1S/C16H32N4O4S/c1-10(2)13(16(23)24)20-15(22)12(6-4-5-8-17)19-14(21)11(18)7-9-25-3/h10-13H,4-9,17-18H2,1-3H3,(H,19,21)(H,20,22)(H,23,24). The number of carboxylic acid groups (broad SMARTS) is 1. The molecule has 0 bridgehead atoms. The van der Waals surface area contributed by atoms with Crippen LogP contribution < -0.4 is 22.1 Å². The number of nitrogens with two attached hydrogens (primary N) is 2. The predicted octanol–water partition coefficient (Wildman–Crippen LogP) is -0.0940. The Bertz CT molecular complexity index is 434. The third kappa shape index (κ3) is 9.66. The van der Waals surface area contributed by atoms with Gasteiger partial charge in [0.1, 0.15) is 12.1 Å². The van der Waals surface area contributed by atoms with Crippen molar-refractivity contribution >= 4 is 29.5 Å². The highest BCUT2D eigenvalue weighted by molar-refractivity contribution is 7.98. The third-order valence-corrected chi connectivity index (χ3v) is 4.42. The summed E-state index contributed by atoms with van der Waals surface area (Å²) in [5, 5.41) is 14.4. The number of aliphatic carboxylic acids is 1. The van der Waals surface area contributed by atoms with Gasteiger partial charge in [-0.3, -0.25) is 9.59 Å². The van der Waals surface area contributed by atoms with E-state index in [1.54, 1.807) is 25.6 Å². The molecule has 2 amide bonds. The number of carbonyl (C=O) groups is 3. The van der Waals surface area contributed by atoms with E-state index in [1.807, 2.05) is 6.26 Å². The molecule has 146 valence electrons. The average Bonchev–Trinajstić information content (AvgIpc) is 2.55. The Kier molecular flexibility index (Phi) is 12.3. The molecule has 0 saturated carbocycles. The van der Waals surface area contributed by atoms with Gasteiger partial charge in [-0.15, -0.1) is 0 Å².